The monoisotopic (exact) mass is 892 g/mol. The van der Waals surface area contributed by atoms with E-state index in [1.54, 1.807) is 29.5 Å². The van der Waals surface area contributed by atoms with Crippen LogP contribution in [0.4, 0.5) is 4.39 Å². The molecule has 14 nitrogen and oxygen atoms in total. The largest absolute Gasteiger partial charge is 0.508 e. The maximum absolute atomic E-state index is 15.7. The summed E-state index contributed by atoms with van der Waals surface area (Å²) in [6.45, 7) is 14.2. The Hall–Kier alpha value is -5.68. The van der Waals surface area contributed by atoms with Gasteiger partial charge in [0.2, 0.25) is 5.91 Å². The highest BCUT2D eigenvalue weighted by Crippen LogP contribution is 2.41. The van der Waals surface area contributed by atoms with Crippen molar-refractivity contribution >= 4 is 34.6 Å². The van der Waals surface area contributed by atoms with E-state index in [9.17, 15) is 20.1 Å². The van der Waals surface area contributed by atoms with Gasteiger partial charge in [-0.15, -0.1) is 26.6 Å². The van der Waals surface area contributed by atoms with Crippen LogP contribution in [0.2, 0.25) is 5.02 Å². The maximum atomic E-state index is 15.7. The van der Waals surface area contributed by atoms with Crippen molar-refractivity contribution in [3.05, 3.63) is 110 Å². The number of hydrogen-bond donors (Lipinski definition) is 3. The summed E-state index contributed by atoms with van der Waals surface area (Å²) in [6, 6.07) is 14.3. The maximum Gasteiger partial charge on any atom is 0.319 e. The van der Waals surface area contributed by atoms with Gasteiger partial charge in [-0.2, -0.15) is 0 Å². The molecule has 17 heteroatoms. The van der Waals surface area contributed by atoms with Gasteiger partial charge in [0.15, 0.2) is 11.6 Å². The van der Waals surface area contributed by atoms with Crippen LogP contribution in [0, 0.1) is 32.5 Å². The van der Waals surface area contributed by atoms with Gasteiger partial charge in [0.25, 0.3) is 0 Å². The Morgan fingerprint density at radius 3 is 2.29 bits per heavy atom. The molecule has 328 valence electrons. The van der Waals surface area contributed by atoms with Crippen molar-refractivity contribution in [3.63, 3.8) is 0 Å². The van der Waals surface area contributed by atoms with Crippen molar-refractivity contribution in [2.75, 3.05) is 45.8 Å². The number of aromatic hydroxyl groups is 3. The zero-order valence-electron chi connectivity index (χ0n) is 35.7. The number of nitrogens with zero attached hydrogens (tertiary/aromatic N) is 10. The summed E-state index contributed by atoms with van der Waals surface area (Å²) in [4.78, 5) is 27.2. The van der Waals surface area contributed by atoms with E-state index >= 15 is 4.39 Å². The minimum Gasteiger partial charge on any atom is -0.508 e. The number of phenolic OH excluding ortho intramolecular Hbond substituents is 2. The fraction of sp³-hybridized carbons (Fsp3) is 0.391. The SMILES string of the molecule is CCc1cc(-c2nnc(O)n2-c2ccc(CN3CCN(CC4CCN(C(=O)C[C@@H]5N=C(c6ccc(Cl)cc6)c6c(sc(C)c6C)-n6c(C)nnc65)CC4)CC3)c(F)c2)c(O)cc1O. The van der Waals surface area contributed by atoms with Crippen LogP contribution in [0.3, 0.4) is 0 Å². The first kappa shape index (κ1) is 42.6. The number of phenols is 2. The molecular weight excluding hydrogens is 843 g/mol. The molecule has 6 heterocycles. The fourth-order valence-corrected chi connectivity index (χ4v) is 10.4. The third-order valence-electron chi connectivity index (χ3n) is 12.8. The van der Waals surface area contributed by atoms with Crippen molar-refractivity contribution in [2.45, 2.75) is 66.0 Å². The van der Waals surface area contributed by atoms with E-state index in [0.717, 1.165) is 78.8 Å². The molecule has 2 saturated heterocycles. The van der Waals surface area contributed by atoms with E-state index < -0.39 is 17.9 Å². The Labute approximate surface area is 373 Å². The number of carbonyl (C=O) groups excluding carboxylic acids is 1. The molecule has 3 aromatic heterocycles. The van der Waals surface area contributed by atoms with Crippen LogP contribution >= 0.6 is 22.9 Å². The number of carbonyl (C=O) groups is 1. The lowest BCUT2D eigenvalue weighted by atomic mass is 9.95. The number of piperazine rings is 1. The molecule has 9 rings (SSSR count). The third-order valence-corrected chi connectivity index (χ3v) is 14.3. The Morgan fingerprint density at radius 2 is 1.57 bits per heavy atom. The number of rotatable bonds is 10. The van der Waals surface area contributed by atoms with Gasteiger partial charge in [-0.3, -0.25) is 19.3 Å². The number of benzene rings is 3. The van der Waals surface area contributed by atoms with Crippen LogP contribution in [-0.4, -0.2) is 117 Å². The molecule has 63 heavy (non-hydrogen) atoms. The lowest BCUT2D eigenvalue weighted by Crippen LogP contribution is -2.49. The highest BCUT2D eigenvalue weighted by Gasteiger charge is 2.34. The average Bonchev–Trinajstić information content (AvgIpc) is 3.91. The summed E-state index contributed by atoms with van der Waals surface area (Å²) in [6.07, 6.45) is 2.56. The molecule has 1 atom stereocenters. The second kappa shape index (κ2) is 17.5. The molecule has 0 bridgehead atoms. The molecule has 0 saturated carbocycles. The number of thiophene rings is 1. The number of aryl methyl sites for hydroxylation is 3. The summed E-state index contributed by atoms with van der Waals surface area (Å²) in [5.41, 5.74) is 5.67. The average molecular weight is 893 g/mol. The van der Waals surface area contributed by atoms with Crippen LogP contribution in [0.1, 0.15) is 76.6 Å². The van der Waals surface area contributed by atoms with Crippen LogP contribution in [0.15, 0.2) is 59.6 Å². The number of piperidine rings is 1. The van der Waals surface area contributed by atoms with Gasteiger partial charge in [-0.05, 0) is 87.4 Å². The molecule has 3 aliphatic heterocycles. The topological polar surface area (TPSA) is 161 Å². The molecular formula is C46H50ClFN10O4S. The van der Waals surface area contributed by atoms with Gasteiger partial charge in [0, 0.05) is 85.0 Å². The third kappa shape index (κ3) is 8.32. The quantitative estimate of drug-likeness (QED) is 0.127. The molecule has 0 unspecified atom stereocenters. The number of fused-ring (bicyclic) bond motifs is 3. The Kier molecular flexibility index (Phi) is 11.8. The van der Waals surface area contributed by atoms with E-state index in [1.807, 2.05) is 43.0 Å². The molecule has 3 N–H and O–H groups in total. The molecule has 0 radical (unpaired) electrons. The van der Waals surface area contributed by atoms with Crippen LogP contribution in [-0.2, 0) is 17.8 Å². The molecule has 3 aromatic carbocycles. The predicted octanol–water partition coefficient (Wildman–Crippen LogP) is 7.31. The van der Waals surface area contributed by atoms with Crippen LogP contribution in [0.25, 0.3) is 22.1 Å². The zero-order valence-corrected chi connectivity index (χ0v) is 37.3. The number of aliphatic imine (C=N–C) groups is 1. The number of aromatic nitrogens is 6. The fourth-order valence-electron chi connectivity index (χ4n) is 9.10. The first-order valence-corrected chi connectivity index (χ1v) is 22.6. The number of likely N-dealkylation sites (tertiary alicyclic amines) is 1. The molecule has 2 fully saturated rings. The van der Waals surface area contributed by atoms with Gasteiger partial charge < -0.3 is 25.1 Å². The zero-order chi connectivity index (χ0) is 44.1. The predicted molar refractivity (Wildman–Crippen MR) is 240 cm³/mol. The second-order valence-electron chi connectivity index (χ2n) is 16.8. The number of halogens is 2. The number of amides is 1. The van der Waals surface area contributed by atoms with E-state index in [2.05, 4.69) is 48.6 Å². The van der Waals surface area contributed by atoms with Crippen molar-refractivity contribution < 1.29 is 24.5 Å². The van der Waals surface area contributed by atoms with Crippen molar-refractivity contribution in [1.82, 2.24) is 44.2 Å². The number of hydrogen-bond acceptors (Lipinski definition) is 12. The van der Waals surface area contributed by atoms with Gasteiger partial charge >= 0.3 is 6.01 Å². The highest BCUT2D eigenvalue weighted by atomic mass is 35.5. The summed E-state index contributed by atoms with van der Waals surface area (Å²) in [5, 5.41) is 49.9. The first-order chi connectivity index (χ1) is 30.4. The standard InChI is InChI=1S/C46H50ClFN10O4S/c1-5-30-20-35(39(60)23-38(30)59)43-51-53-46(62)58(43)34-11-8-32(36(48)21-34)25-55-18-16-54(17-19-55)24-29-12-14-56(15-13-29)40(61)22-37-44-52-50-28(4)57(44)45-41(26(2)27(3)63-45)42(49-37)31-6-9-33(47)10-7-31/h6-11,20-21,23,29,37,59-60H,5,12-19,22,24-25H2,1-4H3,(H,53,62)/t37-/m0/s1. The molecule has 0 spiro atoms. The van der Waals surface area contributed by atoms with Gasteiger partial charge in [0.05, 0.1) is 23.4 Å². The Morgan fingerprint density at radius 1 is 0.841 bits per heavy atom. The van der Waals surface area contributed by atoms with Crippen molar-refractivity contribution in [3.8, 4) is 39.6 Å². The first-order valence-electron chi connectivity index (χ1n) is 21.4. The summed E-state index contributed by atoms with van der Waals surface area (Å²) in [7, 11) is 0. The van der Waals surface area contributed by atoms with E-state index in [1.165, 1.54) is 21.6 Å². The summed E-state index contributed by atoms with van der Waals surface area (Å²) in [5.74, 6) is 1.40. The van der Waals surface area contributed by atoms with E-state index in [0.29, 0.717) is 59.6 Å². The van der Waals surface area contributed by atoms with Crippen molar-refractivity contribution in [2.24, 2.45) is 10.9 Å². The Bertz CT molecular complexity index is 2720. The lowest BCUT2D eigenvalue weighted by Gasteiger charge is -2.39. The summed E-state index contributed by atoms with van der Waals surface area (Å²) < 4.78 is 19.0. The molecule has 0 aliphatic carbocycles. The smallest absolute Gasteiger partial charge is 0.319 e. The normalized spacial score (nSPS) is 17.4. The van der Waals surface area contributed by atoms with Gasteiger partial charge in [-0.1, -0.05) is 41.8 Å². The van der Waals surface area contributed by atoms with E-state index in [4.69, 9.17) is 16.6 Å². The minimum atomic E-state index is -0.500. The van der Waals surface area contributed by atoms with Gasteiger partial charge in [0.1, 0.15) is 34.2 Å². The molecule has 3 aliphatic rings. The minimum absolute atomic E-state index is 0.0481. The van der Waals surface area contributed by atoms with Crippen molar-refractivity contribution in [1.29, 1.82) is 0 Å². The van der Waals surface area contributed by atoms with Crippen LogP contribution in [0.5, 0.6) is 17.5 Å². The Balaban J connectivity index is 0.797. The van der Waals surface area contributed by atoms with E-state index in [-0.39, 0.29) is 35.2 Å². The van der Waals surface area contributed by atoms with Gasteiger partial charge in [-0.25, -0.2) is 8.96 Å². The second-order valence-corrected chi connectivity index (χ2v) is 18.4. The molecule has 6 aromatic rings. The highest BCUT2D eigenvalue weighted by molar-refractivity contribution is 7.15. The molecule has 1 amide bonds. The lowest BCUT2D eigenvalue weighted by molar-refractivity contribution is -0.133. The summed E-state index contributed by atoms with van der Waals surface area (Å²) >= 11 is 7.98. The van der Waals surface area contributed by atoms with Crippen LogP contribution < -0.4 is 0 Å².